The first-order valence-electron chi connectivity index (χ1n) is 10.6. The number of nitriles is 1. The monoisotopic (exact) mass is 444 g/mol. The van der Waals surface area contributed by atoms with Crippen LogP contribution in [0, 0.1) is 28.6 Å². The number of carbonyl (C=O) groups excluding carboxylic acids is 1. The molecule has 168 valence electrons. The maximum absolute atomic E-state index is 12.8. The molecule has 0 spiro atoms. The zero-order valence-corrected chi connectivity index (χ0v) is 18.4. The van der Waals surface area contributed by atoms with Gasteiger partial charge in [-0.05, 0) is 41.8 Å². The van der Waals surface area contributed by atoms with Crippen molar-refractivity contribution in [2.75, 3.05) is 0 Å². The van der Waals surface area contributed by atoms with Crippen molar-refractivity contribution in [1.82, 2.24) is 0 Å². The summed E-state index contributed by atoms with van der Waals surface area (Å²) in [4.78, 5) is 18.1. The quantitative estimate of drug-likeness (QED) is 0.240. The second-order valence-electron chi connectivity index (χ2n) is 8.37. The van der Waals surface area contributed by atoms with Crippen LogP contribution in [0.3, 0.4) is 0 Å². The number of rotatable bonds is 9. The van der Waals surface area contributed by atoms with Crippen molar-refractivity contribution in [3.63, 3.8) is 0 Å². The summed E-state index contributed by atoms with van der Waals surface area (Å²) in [5, 5.41) is 13.6. The molecular formula is C26H24N2O5. The second-order valence-corrected chi connectivity index (χ2v) is 8.37. The molecule has 1 fully saturated rings. The van der Waals surface area contributed by atoms with Crippen molar-refractivity contribution >= 4 is 12.2 Å². The molecule has 3 atom stereocenters. The van der Waals surface area contributed by atoms with E-state index < -0.39 is 18.0 Å². The van der Waals surface area contributed by atoms with Gasteiger partial charge in [0.1, 0.15) is 23.3 Å². The van der Waals surface area contributed by atoms with Crippen LogP contribution in [0.5, 0.6) is 11.5 Å². The maximum atomic E-state index is 12.8. The molecule has 3 unspecified atom stereocenters. The molecule has 0 amide bonds. The van der Waals surface area contributed by atoms with E-state index in [-0.39, 0.29) is 17.9 Å². The predicted molar refractivity (Wildman–Crippen MR) is 120 cm³/mol. The van der Waals surface area contributed by atoms with Gasteiger partial charge in [-0.2, -0.15) is 5.26 Å². The first kappa shape index (κ1) is 22.2. The van der Waals surface area contributed by atoms with Crippen molar-refractivity contribution in [2.24, 2.45) is 22.4 Å². The van der Waals surface area contributed by atoms with Gasteiger partial charge in [0.2, 0.25) is 6.10 Å². The van der Waals surface area contributed by atoms with E-state index in [9.17, 15) is 10.1 Å². The smallest absolute Gasteiger partial charge is 0.311 e. The van der Waals surface area contributed by atoms with E-state index in [0.717, 1.165) is 0 Å². The minimum atomic E-state index is -1.04. The fraction of sp³-hybridized carbons (Fsp3) is 0.269. The van der Waals surface area contributed by atoms with Gasteiger partial charge < -0.3 is 18.7 Å². The molecule has 7 heteroatoms. The number of nitrogens with zero attached hydrogens (tertiary/aromatic N) is 2. The molecule has 2 aromatic carbocycles. The zero-order valence-electron chi connectivity index (χ0n) is 18.4. The number of benzene rings is 2. The van der Waals surface area contributed by atoms with Crippen LogP contribution in [0.15, 0.2) is 82.6 Å². The van der Waals surface area contributed by atoms with Crippen molar-refractivity contribution in [3.05, 3.63) is 84.3 Å². The molecule has 3 aromatic rings. The molecule has 0 N–H and O–H groups in total. The van der Waals surface area contributed by atoms with E-state index in [4.69, 9.17) is 18.7 Å². The molecule has 33 heavy (non-hydrogen) atoms. The molecule has 1 aliphatic rings. The predicted octanol–water partition coefficient (Wildman–Crippen LogP) is 5.65. The standard InChI is InChI=1S/C26H24N2O5/c1-26(2)22(16-28-31-17-21-12-7-13-30-21)24(26)25(29)33-23(15-27)18-8-6-11-20(14-18)32-19-9-4-3-5-10-19/h3-14,16,22-24H,17H2,1-2H3. The van der Waals surface area contributed by atoms with Crippen LogP contribution in [-0.2, 0) is 21.0 Å². The molecule has 7 nitrogen and oxygen atoms in total. The van der Waals surface area contributed by atoms with Gasteiger partial charge in [0, 0.05) is 17.7 Å². The lowest BCUT2D eigenvalue weighted by Crippen LogP contribution is -2.14. The number of ether oxygens (including phenoxy) is 2. The number of hydrogen-bond donors (Lipinski definition) is 0. The van der Waals surface area contributed by atoms with Gasteiger partial charge in [0.05, 0.1) is 12.2 Å². The van der Waals surface area contributed by atoms with Gasteiger partial charge in [-0.3, -0.25) is 4.79 Å². The number of carbonyl (C=O) groups is 1. The Morgan fingerprint density at radius 3 is 2.67 bits per heavy atom. The summed E-state index contributed by atoms with van der Waals surface area (Å²) in [6, 6.07) is 21.9. The molecule has 0 bridgehead atoms. The first-order chi connectivity index (χ1) is 16.0. The minimum absolute atomic E-state index is 0.145. The fourth-order valence-corrected chi connectivity index (χ4v) is 3.73. The highest BCUT2D eigenvalue weighted by molar-refractivity contribution is 5.85. The first-order valence-corrected chi connectivity index (χ1v) is 10.6. The van der Waals surface area contributed by atoms with Crippen molar-refractivity contribution in [1.29, 1.82) is 5.26 Å². The summed E-state index contributed by atoms with van der Waals surface area (Å²) in [6.45, 7) is 4.12. The molecule has 1 aliphatic carbocycles. The highest BCUT2D eigenvalue weighted by Gasteiger charge is 2.62. The normalized spacial score (nSPS) is 19.4. The lowest BCUT2D eigenvalue weighted by molar-refractivity contribution is -0.149. The summed E-state index contributed by atoms with van der Waals surface area (Å²) in [5.74, 6) is 0.899. The van der Waals surface area contributed by atoms with E-state index in [0.29, 0.717) is 22.8 Å². The number of oxime groups is 1. The van der Waals surface area contributed by atoms with Crippen molar-refractivity contribution in [3.8, 4) is 17.6 Å². The Hall–Kier alpha value is -4.05. The highest BCUT2D eigenvalue weighted by Crippen LogP contribution is 2.58. The van der Waals surface area contributed by atoms with Gasteiger partial charge in [0.25, 0.3) is 0 Å². The summed E-state index contributed by atoms with van der Waals surface area (Å²) < 4.78 is 16.6. The van der Waals surface area contributed by atoms with Crippen LogP contribution in [0.25, 0.3) is 0 Å². The molecular weight excluding hydrogens is 420 g/mol. The average molecular weight is 444 g/mol. The second kappa shape index (κ2) is 9.61. The molecule has 4 rings (SSSR count). The SMILES string of the molecule is CC1(C)C(C=NOCc2ccco2)C1C(=O)OC(C#N)c1cccc(Oc2ccccc2)c1. The van der Waals surface area contributed by atoms with Crippen LogP contribution >= 0.6 is 0 Å². The van der Waals surface area contributed by atoms with E-state index in [1.165, 1.54) is 0 Å². The van der Waals surface area contributed by atoms with Gasteiger partial charge >= 0.3 is 5.97 Å². The number of furan rings is 1. The summed E-state index contributed by atoms with van der Waals surface area (Å²) in [7, 11) is 0. The topological polar surface area (TPSA) is 94.0 Å². The summed E-state index contributed by atoms with van der Waals surface area (Å²) in [6.07, 6.45) is 2.14. The number of esters is 1. The van der Waals surface area contributed by atoms with Crippen LogP contribution in [0.4, 0.5) is 0 Å². The molecule has 0 saturated heterocycles. The Labute approximate surface area is 192 Å². The highest BCUT2D eigenvalue weighted by atomic mass is 16.6. The zero-order chi connectivity index (χ0) is 23.3. The lowest BCUT2D eigenvalue weighted by atomic mass is 10.1. The lowest BCUT2D eigenvalue weighted by Gasteiger charge is -2.13. The molecule has 1 aromatic heterocycles. The third-order valence-electron chi connectivity index (χ3n) is 5.74. The molecule has 0 radical (unpaired) electrons. The third kappa shape index (κ3) is 5.24. The molecule has 1 heterocycles. The summed E-state index contributed by atoms with van der Waals surface area (Å²) in [5.41, 5.74) is 0.206. The van der Waals surface area contributed by atoms with Gasteiger partial charge in [-0.25, -0.2) is 0 Å². The van der Waals surface area contributed by atoms with Gasteiger partial charge in [-0.15, -0.1) is 0 Å². The minimum Gasteiger partial charge on any atom is -0.466 e. The van der Waals surface area contributed by atoms with Gasteiger partial charge in [0.15, 0.2) is 6.61 Å². The van der Waals surface area contributed by atoms with Gasteiger partial charge in [-0.1, -0.05) is 49.3 Å². The fourth-order valence-electron chi connectivity index (χ4n) is 3.73. The van der Waals surface area contributed by atoms with E-state index in [1.807, 2.05) is 44.2 Å². The average Bonchev–Trinajstić information content (AvgIpc) is 3.13. The Kier molecular flexibility index (Phi) is 6.45. The molecule has 1 saturated carbocycles. The third-order valence-corrected chi connectivity index (χ3v) is 5.74. The Bertz CT molecular complexity index is 1150. The number of hydrogen-bond acceptors (Lipinski definition) is 7. The summed E-state index contributed by atoms with van der Waals surface area (Å²) >= 11 is 0. The van der Waals surface area contributed by atoms with Crippen molar-refractivity contribution < 1.29 is 23.5 Å². The van der Waals surface area contributed by atoms with Crippen molar-refractivity contribution in [2.45, 2.75) is 26.6 Å². The maximum Gasteiger partial charge on any atom is 0.311 e. The largest absolute Gasteiger partial charge is 0.466 e. The number of para-hydroxylation sites is 1. The Balaban J connectivity index is 1.36. The Morgan fingerprint density at radius 2 is 1.94 bits per heavy atom. The van der Waals surface area contributed by atoms with E-state index >= 15 is 0 Å². The van der Waals surface area contributed by atoms with Crippen LogP contribution < -0.4 is 4.74 Å². The van der Waals surface area contributed by atoms with Crippen LogP contribution in [-0.4, -0.2) is 12.2 Å². The van der Waals surface area contributed by atoms with Crippen LogP contribution in [0.1, 0.15) is 31.3 Å². The van der Waals surface area contributed by atoms with E-state index in [1.54, 1.807) is 48.9 Å². The Morgan fingerprint density at radius 1 is 1.15 bits per heavy atom. The van der Waals surface area contributed by atoms with Crippen LogP contribution in [0.2, 0.25) is 0 Å². The van der Waals surface area contributed by atoms with E-state index in [2.05, 4.69) is 11.2 Å². The molecule has 0 aliphatic heterocycles.